The van der Waals surface area contributed by atoms with E-state index in [4.69, 9.17) is 16.3 Å². The molecular weight excluding hydrogens is 440 g/mol. The minimum atomic E-state index is -0.629. The van der Waals surface area contributed by atoms with Gasteiger partial charge in [0, 0.05) is 49.1 Å². The van der Waals surface area contributed by atoms with E-state index in [0.717, 1.165) is 31.7 Å². The first-order valence-corrected chi connectivity index (χ1v) is 11.4. The summed E-state index contributed by atoms with van der Waals surface area (Å²) in [6, 6.07) is 12.6. The molecule has 2 aromatic rings. The van der Waals surface area contributed by atoms with E-state index in [1.807, 2.05) is 6.07 Å². The molecule has 2 amide bonds. The highest BCUT2D eigenvalue weighted by atomic mass is 35.5. The summed E-state index contributed by atoms with van der Waals surface area (Å²) in [6.45, 7) is 8.11. The Morgan fingerprint density at radius 3 is 2.55 bits per heavy atom. The van der Waals surface area contributed by atoms with E-state index < -0.39 is 12.0 Å². The van der Waals surface area contributed by atoms with Crippen LogP contribution in [0.2, 0.25) is 5.02 Å². The fraction of sp³-hybridized carbons (Fsp3) is 0.360. The molecule has 1 unspecified atom stereocenters. The summed E-state index contributed by atoms with van der Waals surface area (Å²) >= 11 is 6.17. The van der Waals surface area contributed by atoms with Crippen molar-refractivity contribution in [2.75, 3.05) is 44.7 Å². The maximum atomic E-state index is 12.8. The number of urea groups is 1. The number of nitrogens with one attached hydrogen (secondary N) is 2. The highest BCUT2D eigenvalue weighted by Gasteiger charge is 2.34. The van der Waals surface area contributed by atoms with E-state index in [1.165, 1.54) is 23.9 Å². The van der Waals surface area contributed by atoms with Gasteiger partial charge in [0.05, 0.1) is 18.7 Å². The maximum Gasteiger partial charge on any atom is 0.338 e. The number of benzene rings is 2. The van der Waals surface area contributed by atoms with Crippen LogP contribution in [0.25, 0.3) is 0 Å². The average molecular weight is 469 g/mol. The number of ether oxygens (including phenoxy) is 1. The molecular formula is C25H29ClN4O3. The molecule has 0 saturated carbocycles. The monoisotopic (exact) mass is 468 g/mol. The van der Waals surface area contributed by atoms with Gasteiger partial charge in [0.1, 0.15) is 0 Å². The zero-order chi connectivity index (χ0) is 23.5. The third kappa shape index (κ3) is 4.99. The van der Waals surface area contributed by atoms with Gasteiger partial charge in [0.2, 0.25) is 0 Å². The Morgan fingerprint density at radius 2 is 1.85 bits per heavy atom. The number of hydrogen-bond donors (Lipinski definition) is 2. The zero-order valence-electron chi connectivity index (χ0n) is 19.2. The number of anilines is 1. The molecule has 0 spiro atoms. The number of aryl methyl sites for hydroxylation is 1. The fourth-order valence-corrected chi connectivity index (χ4v) is 4.68. The van der Waals surface area contributed by atoms with E-state index in [-0.39, 0.29) is 6.03 Å². The highest BCUT2D eigenvalue weighted by molar-refractivity contribution is 6.30. The summed E-state index contributed by atoms with van der Waals surface area (Å²) in [5.41, 5.74) is 5.55. The van der Waals surface area contributed by atoms with Crippen LogP contribution in [0.4, 0.5) is 10.5 Å². The summed E-state index contributed by atoms with van der Waals surface area (Å²) in [7, 11) is 1.35. The van der Waals surface area contributed by atoms with E-state index >= 15 is 0 Å². The molecule has 2 aliphatic rings. The first-order chi connectivity index (χ1) is 15.9. The number of nitrogens with zero attached hydrogens (tertiary/aromatic N) is 2. The van der Waals surface area contributed by atoms with Gasteiger partial charge < -0.3 is 20.3 Å². The number of methoxy groups -OCH3 is 1. The lowest BCUT2D eigenvalue weighted by atomic mass is 9.95. The summed E-state index contributed by atoms with van der Waals surface area (Å²) < 4.78 is 5.08. The molecule has 1 fully saturated rings. The number of carbonyl (C=O) groups excluding carboxylic acids is 2. The minimum absolute atomic E-state index is 0.350. The molecule has 0 aliphatic carbocycles. The summed E-state index contributed by atoms with van der Waals surface area (Å²) in [5.74, 6) is -0.475. The molecule has 1 saturated heterocycles. The quantitative estimate of drug-likeness (QED) is 0.656. The molecule has 2 aliphatic heterocycles. The van der Waals surface area contributed by atoms with Crippen molar-refractivity contribution in [3.63, 3.8) is 0 Å². The Morgan fingerprint density at radius 1 is 1.12 bits per heavy atom. The molecule has 8 heteroatoms. The smallest absolute Gasteiger partial charge is 0.338 e. The average Bonchev–Trinajstić information content (AvgIpc) is 2.81. The van der Waals surface area contributed by atoms with E-state index in [1.54, 1.807) is 18.2 Å². The number of esters is 1. The standard InChI is InChI=1S/C25H29ClN4O3/c1-16-6-4-9-21(17(16)2)30-12-10-29(11-13-30)15-20-22(24(31)33-3)23(28-25(32)27-20)18-7-5-8-19(26)14-18/h4-9,14,23H,10-13,15H2,1-3H3,(H2,27,28,32). The first-order valence-electron chi connectivity index (χ1n) is 11.0. The Kier molecular flexibility index (Phi) is 6.91. The molecule has 4 rings (SSSR count). The largest absolute Gasteiger partial charge is 0.466 e. The van der Waals surface area contributed by atoms with Crippen LogP contribution >= 0.6 is 11.6 Å². The van der Waals surface area contributed by atoms with Gasteiger partial charge in [-0.2, -0.15) is 0 Å². The van der Waals surface area contributed by atoms with Gasteiger partial charge in [-0.15, -0.1) is 0 Å². The van der Waals surface area contributed by atoms with Crippen molar-refractivity contribution < 1.29 is 14.3 Å². The van der Waals surface area contributed by atoms with Crippen molar-refractivity contribution in [3.05, 3.63) is 75.4 Å². The number of carbonyl (C=O) groups is 2. The third-order valence-corrected chi connectivity index (χ3v) is 6.65. The lowest BCUT2D eigenvalue weighted by Crippen LogP contribution is -2.51. The van der Waals surface area contributed by atoms with Gasteiger partial charge in [0.25, 0.3) is 0 Å². The van der Waals surface area contributed by atoms with Crippen molar-refractivity contribution in [2.45, 2.75) is 19.9 Å². The van der Waals surface area contributed by atoms with Crippen molar-refractivity contribution in [1.82, 2.24) is 15.5 Å². The maximum absolute atomic E-state index is 12.8. The molecule has 33 heavy (non-hydrogen) atoms. The van der Waals surface area contributed by atoms with Gasteiger partial charge in [-0.25, -0.2) is 9.59 Å². The third-order valence-electron chi connectivity index (χ3n) is 6.41. The van der Waals surface area contributed by atoms with Crippen molar-refractivity contribution in [1.29, 1.82) is 0 Å². The van der Waals surface area contributed by atoms with E-state index in [0.29, 0.717) is 22.8 Å². The number of rotatable bonds is 5. The van der Waals surface area contributed by atoms with E-state index in [2.05, 4.69) is 52.5 Å². The molecule has 0 bridgehead atoms. The van der Waals surface area contributed by atoms with Crippen LogP contribution in [0.1, 0.15) is 22.7 Å². The van der Waals surface area contributed by atoms with Crippen LogP contribution in [-0.4, -0.2) is 56.7 Å². The van der Waals surface area contributed by atoms with Crippen molar-refractivity contribution >= 4 is 29.3 Å². The van der Waals surface area contributed by atoms with Crippen LogP contribution in [-0.2, 0) is 9.53 Å². The second-order valence-electron chi connectivity index (χ2n) is 8.45. The van der Waals surface area contributed by atoms with Gasteiger partial charge in [-0.05, 0) is 48.7 Å². The normalized spacial score (nSPS) is 19.2. The first kappa shape index (κ1) is 23.1. The predicted octanol–water partition coefficient (Wildman–Crippen LogP) is 3.56. The molecule has 0 radical (unpaired) electrons. The lowest BCUT2D eigenvalue weighted by Gasteiger charge is -2.38. The van der Waals surface area contributed by atoms with Gasteiger partial charge in [0.15, 0.2) is 0 Å². The fourth-order valence-electron chi connectivity index (χ4n) is 4.48. The molecule has 2 heterocycles. The summed E-state index contributed by atoms with van der Waals surface area (Å²) in [5, 5.41) is 6.22. The second-order valence-corrected chi connectivity index (χ2v) is 8.89. The Balaban J connectivity index is 1.55. The Labute approximate surface area is 199 Å². The van der Waals surface area contributed by atoms with Gasteiger partial charge in [-0.1, -0.05) is 35.9 Å². The summed E-state index contributed by atoms with van der Waals surface area (Å²) in [6.07, 6.45) is 0. The van der Waals surface area contributed by atoms with Crippen molar-refractivity contribution in [2.24, 2.45) is 0 Å². The van der Waals surface area contributed by atoms with Crippen LogP contribution in [0.5, 0.6) is 0 Å². The number of halogens is 1. The highest BCUT2D eigenvalue weighted by Crippen LogP contribution is 2.30. The van der Waals surface area contributed by atoms with Crippen LogP contribution < -0.4 is 15.5 Å². The number of hydrogen-bond acceptors (Lipinski definition) is 5. The Hall–Kier alpha value is -3.03. The topological polar surface area (TPSA) is 73.9 Å². The molecule has 1 atom stereocenters. The van der Waals surface area contributed by atoms with Crippen LogP contribution in [0.15, 0.2) is 53.7 Å². The van der Waals surface area contributed by atoms with Crippen molar-refractivity contribution in [3.8, 4) is 0 Å². The molecule has 2 N–H and O–H groups in total. The molecule has 2 aromatic carbocycles. The minimum Gasteiger partial charge on any atom is -0.466 e. The summed E-state index contributed by atoms with van der Waals surface area (Å²) in [4.78, 5) is 29.9. The second kappa shape index (κ2) is 9.85. The van der Waals surface area contributed by atoms with Gasteiger partial charge >= 0.3 is 12.0 Å². The van der Waals surface area contributed by atoms with Crippen LogP contribution in [0, 0.1) is 13.8 Å². The SMILES string of the molecule is COC(=O)C1=C(CN2CCN(c3cccc(C)c3C)CC2)NC(=O)NC1c1cccc(Cl)c1. The zero-order valence-corrected chi connectivity index (χ0v) is 19.9. The van der Waals surface area contributed by atoms with Crippen LogP contribution in [0.3, 0.4) is 0 Å². The van der Waals surface area contributed by atoms with E-state index in [9.17, 15) is 9.59 Å². The molecule has 174 valence electrons. The number of piperazine rings is 1. The lowest BCUT2D eigenvalue weighted by molar-refractivity contribution is -0.136. The number of amides is 2. The van der Waals surface area contributed by atoms with Gasteiger partial charge in [-0.3, -0.25) is 4.90 Å². The Bertz CT molecular complexity index is 1090. The molecule has 7 nitrogen and oxygen atoms in total. The molecule has 0 aromatic heterocycles. The predicted molar refractivity (Wildman–Crippen MR) is 129 cm³/mol.